The summed E-state index contributed by atoms with van der Waals surface area (Å²) in [5.74, 6) is 0.0702. The van der Waals surface area contributed by atoms with E-state index in [2.05, 4.69) is 20.3 Å². The van der Waals surface area contributed by atoms with Gasteiger partial charge in [0.15, 0.2) is 11.4 Å². The number of ether oxygens (including phenoxy) is 1. The number of nitrogens with two attached hydrogens (primary N) is 1. The molecule has 0 aliphatic carbocycles. The van der Waals surface area contributed by atoms with Crippen LogP contribution >= 0.6 is 0 Å². The van der Waals surface area contributed by atoms with Crippen LogP contribution in [-0.2, 0) is 11.3 Å². The Labute approximate surface area is 281 Å². The third kappa shape index (κ3) is 5.46. The Morgan fingerprint density at radius 1 is 1.02 bits per heavy atom. The van der Waals surface area contributed by atoms with Gasteiger partial charge >= 0.3 is 6.09 Å². The second-order valence-corrected chi connectivity index (χ2v) is 13.1. The Morgan fingerprint density at radius 2 is 1.82 bits per heavy atom. The molecule has 7 heterocycles. The number of carbonyl (C=O) groups excluding carboxylic acids is 3. The van der Waals surface area contributed by atoms with E-state index in [4.69, 9.17) is 20.4 Å². The number of aromatic amines is 1. The van der Waals surface area contributed by atoms with E-state index in [1.807, 2.05) is 47.4 Å². The first-order chi connectivity index (χ1) is 23.9. The number of benzene rings is 1. The molecular weight excluding hydrogens is 624 g/mol. The molecule has 3 N–H and O–H groups in total. The van der Waals surface area contributed by atoms with Gasteiger partial charge in [-0.2, -0.15) is 9.61 Å². The lowest BCUT2D eigenvalue weighted by Crippen LogP contribution is -2.46. The summed E-state index contributed by atoms with van der Waals surface area (Å²) in [7, 11) is 0. The van der Waals surface area contributed by atoms with Crippen LogP contribution in [0.25, 0.3) is 16.8 Å². The molecule has 3 fully saturated rings. The minimum absolute atomic E-state index is 0.00712. The van der Waals surface area contributed by atoms with E-state index in [1.54, 1.807) is 17.3 Å². The van der Waals surface area contributed by atoms with Crippen molar-refractivity contribution in [1.82, 2.24) is 44.6 Å². The third-order valence-corrected chi connectivity index (χ3v) is 10.2. The number of amides is 2. The van der Waals surface area contributed by atoms with E-state index in [9.17, 15) is 14.4 Å². The van der Waals surface area contributed by atoms with Crippen molar-refractivity contribution in [3.63, 3.8) is 0 Å². The predicted molar refractivity (Wildman–Crippen MR) is 177 cm³/mol. The van der Waals surface area contributed by atoms with Gasteiger partial charge < -0.3 is 20.4 Å². The highest BCUT2D eigenvalue weighted by Crippen LogP contribution is 2.45. The van der Waals surface area contributed by atoms with Gasteiger partial charge in [0.25, 0.3) is 5.91 Å². The molecule has 1 unspecified atom stereocenters. The molecule has 3 aliphatic rings. The average molecular weight is 661 g/mol. The standard InChI is InChI=1S/C35H36N10O4/c1-20(46)29-30(23-14-24-10-11-25(15-23)44(24)34(47)32-38-19-39-42-32)41-33-26(17-40-45(33)31(29)36)22-9-12-27(37-16-22)28-8-5-13-43(28)35(48)49-18-21-6-3-2-4-7-21/h2-4,6-7,9,12,16-17,19,23-25,28H,5,8,10-11,13-15,18,36H2,1H3,(H,38,39,42)/t23-,24+,25-,28?. The monoisotopic (exact) mass is 660 g/mol. The summed E-state index contributed by atoms with van der Waals surface area (Å²) < 4.78 is 7.14. The number of nitrogen functional groups attached to an aromatic ring is 1. The summed E-state index contributed by atoms with van der Waals surface area (Å²) >= 11 is 0. The van der Waals surface area contributed by atoms with Crippen LogP contribution in [0.4, 0.5) is 10.6 Å². The minimum atomic E-state index is -0.352. The highest BCUT2D eigenvalue weighted by atomic mass is 16.6. The molecule has 1 aromatic carbocycles. The Hall–Kier alpha value is -5.66. The lowest BCUT2D eigenvalue weighted by Gasteiger charge is -2.38. The molecule has 14 nitrogen and oxygen atoms in total. The Kier molecular flexibility index (Phi) is 7.77. The van der Waals surface area contributed by atoms with Crippen molar-refractivity contribution in [1.29, 1.82) is 0 Å². The Morgan fingerprint density at radius 3 is 2.51 bits per heavy atom. The van der Waals surface area contributed by atoms with Crippen molar-refractivity contribution < 1.29 is 19.1 Å². The Balaban J connectivity index is 1.05. The number of anilines is 1. The summed E-state index contributed by atoms with van der Waals surface area (Å²) in [6.45, 7) is 2.32. The number of carbonyl (C=O) groups is 3. The number of pyridine rings is 1. The number of hydrogen-bond acceptors (Lipinski definition) is 10. The number of hydrogen-bond donors (Lipinski definition) is 2. The fourth-order valence-corrected chi connectivity index (χ4v) is 7.91. The van der Waals surface area contributed by atoms with Crippen LogP contribution in [0.2, 0.25) is 0 Å². The fraction of sp³-hybridized carbons (Fsp3) is 0.371. The van der Waals surface area contributed by atoms with Crippen molar-refractivity contribution in [2.45, 2.75) is 76.1 Å². The van der Waals surface area contributed by atoms with Crippen LogP contribution in [0.3, 0.4) is 0 Å². The molecule has 3 aliphatic heterocycles. The van der Waals surface area contributed by atoms with Crippen molar-refractivity contribution in [3.8, 4) is 11.1 Å². The van der Waals surface area contributed by atoms with E-state index < -0.39 is 0 Å². The molecule has 2 amide bonds. The summed E-state index contributed by atoms with van der Waals surface area (Å²) in [6.07, 6.45) is 9.22. The first-order valence-corrected chi connectivity index (χ1v) is 16.7. The summed E-state index contributed by atoms with van der Waals surface area (Å²) in [5.41, 5.74) is 11.4. The van der Waals surface area contributed by atoms with Gasteiger partial charge in [-0.15, -0.1) is 10.2 Å². The van der Waals surface area contributed by atoms with Crippen LogP contribution in [0.5, 0.6) is 0 Å². The van der Waals surface area contributed by atoms with E-state index in [0.29, 0.717) is 36.3 Å². The van der Waals surface area contributed by atoms with Crippen LogP contribution in [0.1, 0.15) is 95.3 Å². The van der Waals surface area contributed by atoms with E-state index in [1.165, 1.54) is 17.8 Å². The van der Waals surface area contributed by atoms with Crippen molar-refractivity contribution in [3.05, 3.63) is 89.5 Å². The third-order valence-electron chi connectivity index (χ3n) is 10.2. The lowest BCUT2D eigenvalue weighted by molar-refractivity contribution is 0.0556. The molecule has 3 saturated heterocycles. The number of rotatable bonds is 7. The zero-order chi connectivity index (χ0) is 33.6. The van der Waals surface area contributed by atoms with E-state index in [-0.39, 0.29) is 60.1 Å². The molecule has 0 radical (unpaired) electrons. The zero-order valence-electron chi connectivity index (χ0n) is 27.0. The Bertz CT molecular complexity index is 2010. The number of Topliss-reactive ketones (excluding diaryl/α,β-unsaturated/α-hetero) is 1. The molecule has 14 heteroatoms. The molecule has 2 bridgehead atoms. The zero-order valence-corrected chi connectivity index (χ0v) is 27.0. The molecule has 5 aromatic rings. The summed E-state index contributed by atoms with van der Waals surface area (Å²) in [5, 5.41) is 12.2. The summed E-state index contributed by atoms with van der Waals surface area (Å²) in [4.78, 5) is 55.6. The van der Waals surface area contributed by atoms with Gasteiger partial charge in [-0.3, -0.25) is 19.5 Å². The smallest absolute Gasteiger partial charge is 0.410 e. The molecular formula is C35H36N10O4. The van der Waals surface area contributed by atoms with E-state index >= 15 is 0 Å². The number of ketones is 1. The fourth-order valence-electron chi connectivity index (χ4n) is 7.91. The van der Waals surface area contributed by atoms with E-state index in [0.717, 1.165) is 48.1 Å². The minimum Gasteiger partial charge on any atom is -0.445 e. The van der Waals surface area contributed by atoms with Gasteiger partial charge in [0.05, 0.1) is 29.2 Å². The van der Waals surface area contributed by atoms with Crippen LogP contribution in [0.15, 0.2) is 61.2 Å². The maximum atomic E-state index is 13.2. The van der Waals surface area contributed by atoms with Gasteiger partial charge in [0.1, 0.15) is 18.8 Å². The molecule has 4 aromatic heterocycles. The van der Waals surface area contributed by atoms with Gasteiger partial charge in [0.2, 0.25) is 5.82 Å². The molecule has 0 spiro atoms. The lowest BCUT2D eigenvalue weighted by atomic mass is 9.85. The van der Waals surface area contributed by atoms with Gasteiger partial charge in [-0.25, -0.2) is 9.78 Å². The predicted octanol–water partition coefficient (Wildman–Crippen LogP) is 4.72. The topological polar surface area (TPSA) is 178 Å². The highest BCUT2D eigenvalue weighted by molar-refractivity contribution is 6.00. The van der Waals surface area contributed by atoms with Crippen molar-refractivity contribution in [2.75, 3.05) is 12.3 Å². The molecule has 250 valence electrons. The van der Waals surface area contributed by atoms with Gasteiger partial charge in [0, 0.05) is 41.9 Å². The van der Waals surface area contributed by atoms with Crippen LogP contribution < -0.4 is 5.73 Å². The maximum absolute atomic E-state index is 13.2. The first-order valence-electron chi connectivity index (χ1n) is 16.7. The highest BCUT2D eigenvalue weighted by Gasteiger charge is 2.46. The second-order valence-electron chi connectivity index (χ2n) is 13.1. The largest absolute Gasteiger partial charge is 0.445 e. The van der Waals surface area contributed by atoms with Crippen LogP contribution in [0, 0.1) is 0 Å². The van der Waals surface area contributed by atoms with Gasteiger partial charge in [-0.05, 0) is 57.1 Å². The maximum Gasteiger partial charge on any atom is 0.410 e. The number of aromatic nitrogens is 7. The number of likely N-dealkylation sites (tertiary alicyclic amines) is 1. The summed E-state index contributed by atoms with van der Waals surface area (Å²) in [6, 6.07) is 13.3. The molecule has 49 heavy (non-hydrogen) atoms. The number of piperidine rings is 1. The molecule has 4 atom stereocenters. The SMILES string of the molecule is CC(=O)c1c([C@H]2C[C@H]3CC[C@@H](C2)N3C(=O)c2nnc[nH]2)nc2c(-c3ccc(C4CCCN4C(=O)OCc4ccccc4)nc3)cnn2c1N. The quantitative estimate of drug-likeness (QED) is 0.232. The van der Waals surface area contributed by atoms with Crippen LogP contribution in [-0.4, -0.2) is 81.0 Å². The first kappa shape index (κ1) is 30.7. The van der Waals surface area contributed by atoms with Crippen molar-refractivity contribution >= 4 is 29.2 Å². The normalized spacial score (nSPS) is 21.7. The number of nitrogens with zero attached hydrogens (tertiary/aromatic N) is 8. The van der Waals surface area contributed by atoms with Gasteiger partial charge in [-0.1, -0.05) is 36.4 Å². The number of fused-ring (bicyclic) bond motifs is 3. The second kappa shape index (κ2) is 12.4. The molecule has 0 saturated carbocycles. The number of H-pyrrole nitrogens is 1. The average Bonchev–Trinajstić information content (AvgIpc) is 3.94. The molecule has 8 rings (SSSR count). The number of nitrogens with one attached hydrogen (secondary N) is 1. The van der Waals surface area contributed by atoms with Crippen molar-refractivity contribution in [2.24, 2.45) is 0 Å².